The Hall–Kier alpha value is -3.04. The number of ether oxygens (including phenoxy) is 1. The van der Waals surface area contributed by atoms with Gasteiger partial charge in [0.15, 0.2) is 12.4 Å². The first-order chi connectivity index (χ1) is 15.8. The van der Waals surface area contributed by atoms with Gasteiger partial charge in [0.2, 0.25) is 10.0 Å². The van der Waals surface area contributed by atoms with Crippen LogP contribution in [0.5, 0.6) is 0 Å². The van der Waals surface area contributed by atoms with Gasteiger partial charge in [0.1, 0.15) is 6.04 Å². The lowest BCUT2D eigenvalue weighted by Crippen LogP contribution is -2.49. The topological polar surface area (TPSA) is 101 Å². The van der Waals surface area contributed by atoms with Gasteiger partial charge in [-0.1, -0.05) is 30.3 Å². The number of benzene rings is 2. The standard InChI is InChI=1S/C24H28N2O6S/c1-3-25(20-9-5-4-6-10-20)23(28)17-32-24(29)22-11-7-8-16-26(22)33(30,31)21-14-12-19(13-15-21)18(2)27/h4-6,9-10,12-15,22H,3,7-8,11,16-17H2,1-2H3. The Morgan fingerprint density at radius 3 is 2.30 bits per heavy atom. The highest BCUT2D eigenvalue weighted by atomic mass is 32.2. The molecule has 1 atom stereocenters. The van der Waals surface area contributed by atoms with Crippen LogP contribution in [0.15, 0.2) is 59.5 Å². The van der Waals surface area contributed by atoms with Crippen LogP contribution in [0.2, 0.25) is 0 Å². The number of carbonyl (C=O) groups is 3. The maximum Gasteiger partial charge on any atom is 0.324 e. The van der Waals surface area contributed by atoms with Crippen molar-refractivity contribution < 1.29 is 27.5 Å². The van der Waals surface area contributed by atoms with Gasteiger partial charge in [-0.2, -0.15) is 4.31 Å². The number of anilines is 1. The predicted octanol–water partition coefficient (Wildman–Crippen LogP) is 3.03. The van der Waals surface area contributed by atoms with Crippen molar-refractivity contribution in [2.45, 2.75) is 44.0 Å². The van der Waals surface area contributed by atoms with Crippen molar-refractivity contribution in [1.29, 1.82) is 0 Å². The largest absolute Gasteiger partial charge is 0.454 e. The van der Waals surface area contributed by atoms with Crippen LogP contribution >= 0.6 is 0 Å². The summed E-state index contributed by atoms with van der Waals surface area (Å²) in [5, 5.41) is 0. The molecule has 1 amide bonds. The molecule has 1 fully saturated rings. The predicted molar refractivity (Wildman–Crippen MR) is 123 cm³/mol. The maximum absolute atomic E-state index is 13.2. The third-order valence-corrected chi connectivity index (χ3v) is 7.54. The summed E-state index contributed by atoms with van der Waals surface area (Å²) in [5.41, 5.74) is 1.10. The van der Waals surface area contributed by atoms with E-state index in [0.717, 1.165) is 4.31 Å². The summed E-state index contributed by atoms with van der Waals surface area (Å²) >= 11 is 0. The molecule has 0 radical (unpaired) electrons. The van der Waals surface area contributed by atoms with Gasteiger partial charge < -0.3 is 9.64 Å². The normalized spacial score (nSPS) is 16.7. The van der Waals surface area contributed by atoms with Crippen LogP contribution in [-0.2, 0) is 24.3 Å². The fourth-order valence-electron chi connectivity index (χ4n) is 3.84. The highest BCUT2D eigenvalue weighted by Gasteiger charge is 2.39. The molecule has 2 aromatic carbocycles. The lowest BCUT2D eigenvalue weighted by atomic mass is 10.1. The molecule has 3 rings (SSSR count). The quantitative estimate of drug-likeness (QED) is 0.432. The number of carbonyl (C=O) groups excluding carboxylic acids is 3. The van der Waals surface area contributed by atoms with Crippen LogP contribution in [0.25, 0.3) is 0 Å². The van der Waals surface area contributed by atoms with E-state index >= 15 is 0 Å². The second kappa shape index (κ2) is 10.7. The number of esters is 1. The van der Waals surface area contributed by atoms with Gasteiger partial charge in [-0.25, -0.2) is 8.42 Å². The zero-order valence-electron chi connectivity index (χ0n) is 18.8. The number of hydrogen-bond donors (Lipinski definition) is 0. The smallest absolute Gasteiger partial charge is 0.324 e. The Morgan fingerprint density at radius 2 is 1.70 bits per heavy atom. The van der Waals surface area contributed by atoms with E-state index in [2.05, 4.69) is 0 Å². The van der Waals surface area contributed by atoms with Crippen LogP contribution in [0.4, 0.5) is 5.69 Å². The van der Waals surface area contributed by atoms with Crippen LogP contribution in [0, 0.1) is 0 Å². The van der Waals surface area contributed by atoms with Crippen molar-refractivity contribution in [3.8, 4) is 0 Å². The number of hydrogen-bond acceptors (Lipinski definition) is 6. The monoisotopic (exact) mass is 472 g/mol. The maximum atomic E-state index is 13.2. The Balaban J connectivity index is 1.72. The van der Waals surface area contributed by atoms with Gasteiger partial charge in [0.05, 0.1) is 4.90 Å². The Kier molecular flexibility index (Phi) is 7.99. The molecule has 1 saturated heterocycles. The van der Waals surface area contributed by atoms with Gasteiger partial charge >= 0.3 is 5.97 Å². The number of nitrogens with zero attached hydrogens (tertiary/aromatic N) is 2. The first kappa shape index (κ1) is 24.6. The number of rotatable bonds is 8. The molecule has 1 aliphatic heterocycles. The number of Topliss-reactive ketones (excluding diaryl/α,β-unsaturated/α-hetero) is 1. The van der Waals surface area contributed by atoms with E-state index in [1.54, 1.807) is 12.1 Å². The van der Waals surface area contributed by atoms with E-state index in [9.17, 15) is 22.8 Å². The van der Waals surface area contributed by atoms with E-state index in [1.807, 2.05) is 25.1 Å². The average molecular weight is 473 g/mol. The number of likely N-dealkylation sites (N-methyl/N-ethyl adjacent to an activating group) is 1. The third-order valence-electron chi connectivity index (χ3n) is 5.62. The van der Waals surface area contributed by atoms with E-state index in [1.165, 1.54) is 36.1 Å². The molecule has 9 heteroatoms. The number of amides is 1. The molecule has 0 saturated carbocycles. The van der Waals surface area contributed by atoms with Gasteiger partial charge in [-0.15, -0.1) is 0 Å². The second-order valence-corrected chi connectivity index (χ2v) is 9.68. The summed E-state index contributed by atoms with van der Waals surface area (Å²) in [4.78, 5) is 38.5. The Morgan fingerprint density at radius 1 is 1.03 bits per heavy atom. The SMILES string of the molecule is CCN(C(=O)COC(=O)C1CCCCN1S(=O)(=O)c1ccc(C(C)=O)cc1)c1ccccc1. The van der Waals surface area contributed by atoms with Crippen LogP contribution in [0.1, 0.15) is 43.5 Å². The summed E-state index contributed by atoms with van der Waals surface area (Å²) in [5.74, 6) is -1.29. The Bertz CT molecular complexity index is 1100. The first-order valence-electron chi connectivity index (χ1n) is 10.9. The van der Waals surface area contributed by atoms with Crippen molar-refractivity contribution in [2.75, 3.05) is 24.6 Å². The minimum atomic E-state index is -3.98. The van der Waals surface area contributed by atoms with Gasteiger partial charge in [-0.3, -0.25) is 14.4 Å². The number of para-hydroxylation sites is 1. The van der Waals surface area contributed by atoms with Crippen LogP contribution in [-0.4, -0.2) is 56.1 Å². The fourth-order valence-corrected chi connectivity index (χ4v) is 5.49. The zero-order valence-corrected chi connectivity index (χ0v) is 19.6. The van der Waals surface area contributed by atoms with Gasteiger partial charge in [-0.05, 0) is 57.4 Å². The molecule has 1 aliphatic rings. The van der Waals surface area contributed by atoms with E-state index in [4.69, 9.17) is 4.74 Å². The van der Waals surface area contributed by atoms with Crippen LogP contribution < -0.4 is 4.90 Å². The van der Waals surface area contributed by atoms with Gasteiger partial charge in [0.25, 0.3) is 5.91 Å². The highest BCUT2D eigenvalue weighted by molar-refractivity contribution is 7.89. The van der Waals surface area contributed by atoms with Crippen molar-refractivity contribution in [3.63, 3.8) is 0 Å². The van der Waals surface area contributed by atoms with Crippen molar-refractivity contribution >= 4 is 33.4 Å². The molecular weight excluding hydrogens is 444 g/mol. The molecule has 0 aromatic heterocycles. The molecule has 0 N–H and O–H groups in total. The van der Waals surface area contributed by atoms with Crippen LogP contribution in [0.3, 0.4) is 0 Å². The lowest BCUT2D eigenvalue weighted by Gasteiger charge is -2.33. The summed E-state index contributed by atoms with van der Waals surface area (Å²) in [6.45, 7) is 3.33. The number of piperidine rings is 1. The molecule has 0 spiro atoms. The number of sulfonamides is 1. The molecule has 8 nitrogen and oxygen atoms in total. The summed E-state index contributed by atoms with van der Waals surface area (Å²) < 4.78 is 32.9. The average Bonchev–Trinajstić information content (AvgIpc) is 2.83. The molecule has 0 aliphatic carbocycles. The summed E-state index contributed by atoms with van der Waals surface area (Å²) in [7, 11) is -3.98. The molecule has 33 heavy (non-hydrogen) atoms. The molecule has 0 bridgehead atoms. The molecule has 176 valence electrons. The summed E-state index contributed by atoms with van der Waals surface area (Å²) in [6, 6.07) is 13.7. The Labute approximate surface area is 194 Å². The number of ketones is 1. The highest BCUT2D eigenvalue weighted by Crippen LogP contribution is 2.26. The first-order valence-corrected chi connectivity index (χ1v) is 12.3. The van der Waals surface area contributed by atoms with Crippen molar-refractivity contribution in [3.05, 3.63) is 60.2 Å². The lowest BCUT2D eigenvalue weighted by molar-refractivity contribution is -0.152. The minimum absolute atomic E-state index is 0.00418. The zero-order chi connectivity index (χ0) is 24.0. The molecule has 2 aromatic rings. The van der Waals surface area contributed by atoms with Crippen molar-refractivity contribution in [1.82, 2.24) is 4.31 Å². The van der Waals surface area contributed by atoms with Gasteiger partial charge in [0, 0.05) is 24.3 Å². The van der Waals surface area contributed by atoms with E-state index < -0.39 is 28.6 Å². The minimum Gasteiger partial charge on any atom is -0.454 e. The third kappa shape index (κ3) is 5.66. The van der Waals surface area contributed by atoms with E-state index in [0.29, 0.717) is 37.1 Å². The fraction of sp³-hybridized carbons (Fsp3) is 0.375. The second-order valence-electron chi connectivity index (χ2n) is 7.79. The van der Waals surface area contributed by atoms with Crippen molar-refractivity contribution in [2.24, 2.45) is 0 Å². The molecular formula is C24H28N2O6S. The van der Waals surface area contributed by atoms with E-state index in [-0.39, 0.29) is 23.1 Å². The molecule has 1 heterocycles. The summed E-state index contributed by atoms with van der Waals surface area (Å²) in [6.07, 6.45) is 1.60. The molecule has 1 unspecified atom stereocenters.